The Hall–Kier alpha value is -0.910. The lowest BCUT2D eigenvalue weighted by atomic mass is 10.2. The number of halogens is 6. The van der Waals surface area contributed by atoms with Gasteiger partial charge >= 0.3 is 6.18 Å². The third-order valence-electron chi connectivity index (χ3n) is 2.78. The molecule has 0 bridgehead atoms. The van der Waals surface area contributed by atoms with Crippen LogP contribution in [0.5, 0.6) is 0 Å². The molecule has 0 saturated carbocycles. The summed E-state index contributed by atoms with van der Waals surface area (Å²) in [5.74, 6) is 0. The Bertz CT molecular complexity index is 659. The van der Waals surface area contributed by atoms with Crippen molar-refractivity contribution >= 4 is 44.8 Å². The van der Waals surface area contributed by atoms with Gasteiger partial charge in [-0.15, -0.1) is 0 Å². The summed E-state index contributed by atoms with van der Waals surface area (Å²) in [5.41, 5.74) is 0.458. The number of anilines is 1. The Morgan fingerprint density at radius 3 is 2.29 bits per heavy atom. The molecule has 0 amide bonds. The Balaban J connectivity index is 2.13. The van der Waals surface area contributed by atoms with Crippen molar-refractivity contribution in [2.45, 2.75) is 12.7 Å². The molecule has 7 heteroatoms. The average Bonchev–Trinajstić information content (AvgIpc) is 2.38. The molecule has 0 aromatic heterocycles. The topological polar surface area (TPSA) is 12.0 Å². The Morgan fingerprint density at radius 1 is 1.00 bits per heavy atom. The van der Waals surface area contributed by atoms with Crippen LogP contribution in [0.25, 0.3) is 0 Å². The lowest BCUT2D eigenvalue weighted by Gasteiger charge is -2.12. The summed E-state index contributed by atoms with van der Waals surface area (Å²) in [5, 5.41) is 3.54. The van der Waals surface area contributed by atoms with E-state index in [2.05, 4.69) is 21.2 Å². The molecule has 0 unspecified atom stereocenters. The molecule has 2 rings (SSSR count). The smallest absolute Gasteiger partial charge is 0.380 e. The van der Waals surface area contributed by atoms with Crippen molar-refractivity contribution in [3.05, 3.63) is 62.0 Å². The molecule has 1 N–H and O–H groups in total. The summed E-state index contributed by atoms with van der Waals surface area (Å²) in [4.78, 5) is 0. The minimum absolute atomic E-state index is 0.0121. The highest BCUT2D eigenvalue weighted by atomic mass is 79.9. The molecule has 2 aromatic rings. The van der Waals surface area contributed by atoms with E-state index in [1.807, 2.05) is 12.1 Å². The summed E-state index contributed by atoms with van der Waals surface area (Å²) >= 11 is 15.2. The molecule has 0 radical (unpaired) electrons. The molecular formula is C14H9BrCl2F3N. The quantitative estimate of drug-likeness (QED) is 0.631. The second-order valence-corrected chi connectivity index (χ2v) is 6.01. The second kappa shape index (κ2) is 6.46. The first-order valence-corrected chi connectivity index (χ1v) is 7.37. The zero-order chi connectivity index (χ0) is 15.6. The van der Waals surface area contributed by atoms with Gasteiger partial charge in [-0.25, -0.2) is 0 Å². The van der Waals surface area contributed by atoms with Gasteiger partial charge in [-0.3, -0.25) is 0 Å². The van der Waals surface area contributed by atoms with Crippen molar-refractivity contribution in [3.63, 3.8) is 0 Å². The van der Waals surface area contributed by atoms with Gasteiger partial charge in [0.2, 0.25) is 0 Å². The van der Waals surface area contributed by atoms with E-state index < -0.39 is 11.7 Å². The van der Waals surface area contributed by atoms with Gasteiger partial charge in [0.1, 0.15) is 0 Å². The molecule has 2 aromatic carbocycles. The van der Waals surface area contributed by atoms with Crippen LogP contribution in [0.1, 0.15) is 11.1 Å². The van der Waals surface area contributed by atoms with Crippen LogP contribution in [0, 0.1) is 0 Å². The van der Waals surface area contributed by atoms with Crippen molar-refractivity contribution in [2.24, 2.45) is 0 Å². The molecular weight excluding hydrogens is 390 g/mol. The first-order valence-electron chi connectivity index (χ1n) is 5.82. The zero-order valence-corrected chi connectivity index (χ0v) is 13.5. The van der Waals surface area contributed by atoms with Crippen LogP contribution in [0.3, 0.4) is 0 Å². The molecule has 0 atom stereocenters. The van der Waals surface area contributed by atoms with E-state index in [0.29, 0.717) is 17.3 Å². The molecule has 0 heterocycles. The summed E-state index contributed by atoms with van der Waals surface area (Å²) in [6.07, 6.45) is -4.41. The molecule has 112 valence electrons. The van der Waals surface area contributed by atoms with E-state index in [9.17, 15) is 13.2 Å². The SMILES string of the molecule is FC(F)(F)c1ccc(NCc2ccc(Br)cc2Cl)c(Cl)c1. The van der Waals surface area contributed by atoms with Gasteiger partial charge in [0.05, 0.1) is 16.3 Å². The van der Waals surface area contributed by atoms with Crippen LogP contribution >= 0.6 is 39.1 Å². The van der Waals surface area contributed by atoms with Gasteiger partial charge in [-0.05, 0) is 35.9 Å². The second-order valence-electron chi connectivity index (χ2n) is 4.28. The number of hydrogen-bond donors (Lipinski definition) is 1. The van der Waals surface area contributed by atoms with Gasteiger partial charge in [-0.2, -0.15) is 13.2 Å². The molecule has 21 heavy (non-hydrogen) atoms. The van der Waals surface area contributed by atoms with E-state index in [1.54, 1.807) is 6.07 Å². The van der Waals surface area contributed by atoms with Gasteiger partial charge in [-0.1, -0.05) is 45.2 Å². The Morgan fingerprint density at radius 2 is 1.71 bits per heavy atom. The first-order chi connectivity index (χ1) is 9.77. The van der Waals surface area contributed by atoms with E-state index in [-0.39, 0.29) is 5.02 Å². The molecule has 0 saturated heterocycles. The normalized spacial score (nSPS) is 11.5. The highest BCUT2D eigenvalue weighted by molar-refractivity contribution is 9.10. The maximum absolute atomic E-state index is 12.5. The number of nitrogens with one attached hydrogen (secondary N) is 1. The highest BCUT2D eigenvalue weighted by Gasteiger charge is 2.30. The third kappa shape index (κ3) is 4.28. The van der Waals surface area contributed by atoms with Gasteiger partial charge in [0, 0.05) is 16.0 Å². The standard InChI is InChI=1S/C14H9BrCl2F3N/c15-10-3-1-8(11(16)6-10)7-21-13-4-2-9(5-12(13)17)14(18,19)20/h1-6,21H,7H2. The number of alkyl halides is 3. The number of hydrogen-bond acceptors (Lipinski definition) is 1. The van der Waals surface area contributed by atoms with Crippen LogP contribution in [-0.2, 0) is 12.7 Å². The minimum atomic E-state index is -4.41. The highest BCUT2D eigenvalue weighted by Crippen LogP contribution is 2.34. The van der Waals surface area contributed by atoms with Crippen LogP contribution in [0.15, 0.2) is 40.9 Å². The number of benzene rings is 2. The largest absolute Gasteiger partial charge is 0.416 e. The minimum Gasteiger partial charge on any atom is -0.380 e. The van der Waals surface area contributed by atoms with Crippen LogP contribution in [0.2, 0.25) is 10.0 Å². The summed E-state index contributed by atoms with van der Waals surface area (Å²) in [6, 6.07) is 8.57. The predicted molar refractivity (Wildman–Crippen MR) is 82.9 cm³/mol. The first kappa shape index (κ1) is 16.5. The monoisotopic (exact) mass is 397 g/mol. The molecule has 0 aliphatic carbocycles. The molecule has 0 spiro atoms. The lowest BCUT2D eigenvalue weighted by molar-refractivity contribution is -0.137. The average molecular weight is 399 g/mol. The van der Waals surface area contributed by atoms with Crippen molar-refractivity contribution in [3.8, 4) is 0 Å². The van der Waals surface area contributed by atoms with E-state index >= 15 is 0 Å². The number of rotatable bonds is 3. The van der Waals surface area contributed by atoms with E-state index in [4.69, 9.17) is 23.2 Å². The summed E-state index contributed by atoms with van der Waals surface area (Å²) < 4.78 is 38.5. The summed E-state index contributed by atoms with van der Waals surface area (Å²) in [6.45, 7) is 0.358. The molecule has 0 aliphatic heterocycles. The summed E-state index contributed by atoms with van der Waals surface area (Å²) in [7, 11) is 0. The van der Waals surface area contributed by atoms with Gasteiger partial charge < -0.3 is 5.32 Å². The molecule has 1 nitrogen and oxygen atoms in total. The molecule has 0 fully saturated rings. The van der Waals surface area contributed by atoms with E-state index in [1.165, 1.54) is 6.07 Å². The maximum atomic E-state index is 12.5. The lowest BCUT2D eigenvalue weighted by Crippen LogP contribution is -2.06. The fourth-order valence-corrected chi connectivity index (χ4v) is 2.68. The predicted octanol–water partition coefficient (Wildman–Crippen LogP) is 6.39. The zero-order valence-electron chi connectivity index (χ0n) is 10.4. The van der Waals surface area contributed by atoms with Crippen LogP contribution < -0.4 is 5.32 Å². The van der Waals surface area contributed by atoms with Crippen molar-refractivity contribution in [2.75, 3.05) is 5.32 Å². The van der Waals surface area contributed by atoms with Gasteiger partial charge in [0.25, 0.3) is 0 Å². The maximum Gasteiger partial charge on any atom is 0.416 e. The fourth-order valence-electron chi connectivity index (χ4n) is 1.69. The van der Waals surface area contributed by atoms with Crippen molar-refractivity contribution < 1.29 is 13.2 Å². The fraction of sp³-hybridized carbons (Fsp3) is 0.143. The van der Waals surface area contributed by atoms with Crippen LogP contribution in [-0.4, -0.2) is 0 Å². The van der Waals surface area contributed by atoms with Gasteiger partial charge in [0.15, 0.2) is 0 Å². The van der Waals surface area contributed by atoms with E-state index in [0.717, 1.165) is 22.2 Å². The van der Waals surface area contributed by atoms with Crippen molar-refractivity contribution in [1.29, 1.82) is 0 Å². The van der Waals surface area contributed by atoms with Crippen LogP contribution in [0.4, 0.5) is 18.9 Å². The Kier molecular flexibility index (Phi) is 5.07. The third-order valence-corrected chi connectivity index (χ3v) is 3.94. The van der Waals surface area contributed by atoms with Crippen molar-refractivity contribution in [1.82, 2.24) is 0 Å². The Labute approximate surface area is 138 Å². The molecule has 0 aliphatic rings.